The molecule has 2 rings (SSSR count). The van der Waals surface area contributed by atoms with E-state index in [4.69, 9.17) is 4.74 Å². The maximum absolute atomic E-state index is 10.2. The van der Waals surface area contributed by atoms with E-state index < -0.39 is 0 Å². The van der Waals surface area contributed by atoms with E-state index in [1.54, 1.807) is 7.11 Å². The molecule has 0 aliphatic heterocycles. The molecule has 0 fully saturated rings. The van der Waals surface area contributed by atoms with Crippen molar-refractivity contribution in [3.05, 3.63) is 42.0 Å². The van der Waals surface area contributed by atoms with Gasteiger partial charge in [0.1, 0.15) is 12.0 Å². The molecule has 0 saturated heterocycles. The highest BCUT2D eigenvalue weighted by atomic mass is 16.5. The summed E-state index contributed by atoms with van der Waals surface area (Å²) < 4.78 is 5.30. The van der Waals surface area contributed by atoms with Crippen LogP contribution in [0.1, 0.15) is 12.0 Å². The van der Waals surface area contributed by atoms with Crippen molar-refractivity contribution in [3.63, 3.8) is 0 Å². The number of rotatable bonds is 2. The molecule has 0 aliphatic rings. The molecule has 0 aliphatic carbocycles. The van der Waals surface area contributed by atoms with E-state index in [0.717, 1.165) is 28.4 Å². The molecule has 0 atom stereocenters. The van der Waals surface area contributed by atoms with Gasteiger partial charge in [0.05, 0.1) is 13.5 Å². The van der Waals surface area contributed by atoms with Crippen LogP contribution < -0.4 is 4.74 Å². The molecule has 0 bridgehead atoms. The van der Waals surface area contributed by atoms with E-state index in [-0.39, 0.29) is 6.42 Å². The molecular formula is C15H12O2. The predicted molar refractivity (Wildman–Crippen MR) is 68.1 cm³/mol. The second kappa shape index (κ2) is 5.18. The summed E-state index contributed by atoms with van der Waals surface area (Å²) in [5.41, 5.74) is 0.920. The van der Waals surface area contributed by atoms with Crippen LogP contribution >= 0.6 is 0 Å². The molecular weight excluding hydrogens is 212 g/mol. The molecule has 0 aromatic heterocycles. The summed E-state index contributed by atoms with van der Waals surface area (Å²) in [5.74, 6) is 6.66. The van der Waals surface area contributed by atoms with Crippen molar-refractivity contribution < 1.29 is 9.53 Å². The highest BCUT2D eigenvalue weighted by Gasteiger charge is 2.03. The van der Waals surface area contributed by atoms with E-state index in [1.807, 2.05) is 36.4 Å². The molecule has 0 saturated carbocycles. The van der Waals surface area contributed by atoms with Gasteiger partial charge < -0.3 is 9.53 Å². The standard InChI is InChI=1S/C15H12O2/c1-17-15-10-9-12(6-4-5-11-16)13-7-2-3-8-14(13)15/h2-3,7-11H,5H2,1H3. The average molecular weight is 224 g/mol. The molecule has 0 unspecified atom stereocenters. The van der Waals surface area contributed by atoms with Crippen LogP contribution in [0.4, 0.5) is 0 Å². The van der Waals surface area contributed by atoms with Crippen LogP contribution in [0.3, 0.4) is 0 Å². The van der Waals surface area contributed by atoms with E-state index >= 15 is 0 Å². The van der Waals surface area contributed by atoms with Gasteiger partial charge in [-0.25, -0.2) is 0 Å². The van der Waals surface area contributed by atoms with Crippen molar-refractivity contribution in [1.29, 1.82) is 0 Å². The lowest BCUT2D eigenvalue weighted by Crippen LogP contribution is -1.87. The average Bonchev–Trinajstić information content (AvgIpc) is 2.39. The lowest BCUT2D eigenvalue weighted by molar-refractivity contribution is -0.107. The van der Waals surface area contributed by atoms with E-state index in [9.17, 15) is 4.79 Å². The maximum atomic E-state index is 10.2. The van der Waals surface area contributed by atoms with Crippen LogP contribution in [-0.2, 0) is 4.79 Å². The number of methoxy groups -OCH3 is 1. The Labute approximate surface area is 100 Å². The highest BCUT2D eigenvalue weighted by molar-refractivity contribution is 5.93. The van der Waals surface area contributed by atoms with Gasteiger partial charge in [-0.3, -0.25) is 0 Å². The summed E-state index contributed by atoms with van der Waals surface area (Å²) >= 11 is 0. The molecule has 2 nitrogen and oxygen atoms in total. The molecule has 0 radical (unpaired) electrons. The first kappa shape index (κ1) is 11.2. The first-order valence-corrected chi connectivity index (χ1v) is 5.35. The van der Waals surface area contributed by atoms with Crippen molar-refractivity contribution in [1.82, 2.24) is 0 Å². The molecule has 0 N–H and O–H groups in total. The zero-order chi connectivity index (χ0) is 12.1. The largest absolute Gasteiger partial charge is 0.496 e. The fraction of sp³-hybridized carbons (Fsp3) is 0.133. The summed E-state index contributed by atoms with van der Waals surface area (Å²) in [7, 11) is 1.65. The van der Waals surface area contributed by atoms with Crippen molar-refractivity contribution in [2.45, 2.75) is 6.42 Å². The zero-order valence-electron chi connectivity index (χ0n) is 9.57. The van der Waals surface area contributed by atoms with Crippen molar-refractivity contribution in [3.8, 4) is 17.6 Å². The number of fused-ring (bicyclic) bond motifs is 1. The Kier molecular flexibility index (Phi) is 3.42. The molecule has 2 aromatic rings. The lowest BCUT2D eigenvalue weighted by atomic mass is 10.0. The summed E-state index contributed by atoms with van der Waals surface area (Å²) in [6, 6.07) is 11.7. The minimum absolute atomic E-state index is 0.264. The third-order valence-corrected chi connectivity index (χ3v) is 2.51. The van der Waals surface area contributed by atoms with Crippen molar-refractivity contribution in [2.75, 3.05) is 7.11 Å². The van der Waals surface area contributed by atoms with Crippen molar-refractivity contribution in [2.24, 2.45) is 0 Å². The fourth-order valence-corrected chi connectivity index (χ4v) is 1.75. The lowest BCUT2D eigenvalue weighted by Gasteiger charge is -2.06. The summed E-state index contributed by atoms with van der Waals surface area (Å²) in [6.45, 7) is 0. The quantitative estimate of drug-likeness (QED) is 0.579. The molecule has 2 aromatic carbocycles. The van der Waals surface area contributed by atoms with Gasteiger partial charge >= 0.3 is 0 Å². The molecule has 0 heterocycles. The molecule has 0 spiro atoms. The number of benzene rings is 2. The second-order valence-electron chi connectivity index (χ2n) is 3.53. The fourth-order valence-electron chi connectivity index (χ4n) is 1.75. The normalized spacial score (nSPS) is 9.47. The summed E-state index contributed by atoms with van der Waals surface area (Å²) in [6.07, 6.45) is 1.07. The van der Waals surface area contributed by atoms with Gasteiger partial charge in [0.15, 0.2) is 0 Å². The van der Waals surface area contributed by atoms with Crippen LogP contribution in [0.15, 0.2) is 36.4 Å². The maximum Gasteiger partial charge on any atom is 0.131 e. The second-order valence-corrected chi connectivity index (χ2v) is 3.53. The Morgan fingerprint density at radius 2 is 1.94 bits per heavy atom. The summed E-state index contributed by atoms with van der Waals surface area (Å²) in [5, 5.41) is 2.08. The minimum atomic E-state index is 0.264. The zero-order valence-corrected chi connectivity index (χ0v) is 9.57. The predicted octanol–water partition coefficient (Wildman–Crippen LogP) is 2.79. The number of aldehydes is 1. The van der Waals surface area contributed by atoms with Crippen LogP contribution in [-0.4, -0.2) is 13.4 Å². The van der Waals surface area contributed by atoms with Crippen LogP contribution in [0.25, 0.3) is 10.8 Å². The smallest absolute Gasteiger partial charge is 0.131 e. The van der Waals surface area contributed by atoms with E-state index in [0.29, 0.717) is 0 Å². The Balaban J connectivity index is 2.59. The van der Waals surface area contributed by atoms with Crippen LogP contribution in [0.2, 0.25) is 0 Å². The van der Waals surface area contributed by atoms with Gasteiger partial charge in [-0.2, -0.15) is 0 Å². The summed E-state index contributed by atoms with van der Waals surface area (Å²) in [4.78, 5) is 10.2. The van der Waals surface area contributed by atoms with Gasteiger partial charge in [-0.05, 0) is 12.1 Å². The van der Waals surface area contributed by atoms with Gasteiger partial charge in [-0.1, -0.05) is 36.1 Å². The topological polar surface area (TPSA) is 26.3 Å². The van der Waals surface area contributed by atoms with Crippen LogP contribution in [0, 0.1) is 11.8 Å². The monoisotopic (exact) mass is 224 g/mol. The van der Waals surface area contributed by atoms with Gasteiger partial charge in [0, 0.05) is 16.3 Å². The first-order valence-electron chi connectivity index (χ1n) is 5.35. The number of ether oxygens (including phenoxy) is 1. The highest BCUT2D eigenvalue weighted by Crippen LogP contribution is 2.27. The third kappa shape index (κ3) is 2.29. The first-order chi connectivity index (χ1) is 8.36. The molecule has 84 valence electrons. The minimum Gasteiger partial charge on any atom is -0.496 e. The molecule has 17 heavy (non-hydrogen) atoms. The van der Waals surface area contributed by atoms with Gasteiger partial charge in [0.25, 0.3) is 0 Å². The van der Waals surface area contributed by atoms with Gasteiger partial charge in [-0.15, -0.1) is 0 Å². The SMILES string of the molecule is COc1ccc(C#CCC=O)c2ccccc12. The molecule has 0 amide bonds. The molecule has 2 heteroatoms. The third-order valence-electron chi connectivity index (χ3n) is 2.51. The number of hydrogen-bond donors (Lipinski definition) is 0. The number of carbonyl (C=O) groups is 1. The Morgan fingerprint density at radius 3 is 2.65 bits per heavy atom. The Hall–Kier alpha value is -2.27. The van der Waals surface area contributed by atoms with Crippen LogP contribution in [0.5, 0.6) is 5.75 Å². The van der Waals surface area contributed by atoms with E-state index in [2.05, 4.69) is 11.8 Å². The Morgan fingerprint density at radius 1 is 1.18 bits per heavy atom. The van der Waals surface area contributed by atoms with Crippen molar-refractivity contribution >= 4 is 17.1 Å². The number of carbonyl (C=O) groups excluding carboxylic acids is 1. The number of hydrogen-bond acceptors (Lipinski definition) is 2. The van der Waals surface area contributed by atoms with E-state index in [1.165, 1.54) is 0 Å². The Bertz CT molecular complexity index is 603. The van der Waals surface area contributed by atoms with Gasteiger partial charge in [0.2, 0.25) is 0 Å².